The summed E-state index contributed by atoms with van der Waals surface area (Å²) in [5.74, 6) is 0.389. The predicted molar refractivity (Wildman–Crippen MR) is 120 cm³/mol. The van der Waals surface area contributed by atoms with Crippen molar-refractivity contribution in [3.8, 4) is 5.69 Å². The second-order valence-corrected chi connectivity index (χ2v) is 7.93. The number of fused-ring (bicyclic) bond motifs is 2. The molecule has 8 nitrogen and oxygen atoms in total. The van der Waals surface area contributed by atoms with E-state index in [2.05, 4.69) is 27.1 Å². The van der Waals surface area contributed by atoms with Crippen LogP contribution in [0.1, 0.15) is 18.2 Å². The summed E-state index contributed by atoms with van der Waals surface area (Å²) in [6.45, 7) is 2.08. The first-order valence-electron chi connectivity index (χ1n) is 9.79. The number of aromatic nitrogens is 6. The molecule has 0 atom stereocenters. The standard InChI is InChI=1S/C22H18N6O2S/c1-2-14-6-8-16(9-7-14)28-21(30)17-12-23-26-20(17)25-22(28)31-13-15-11-19(29)27-10-4-3-5-18(27)24-15/h3-12H,2,13H2,1H3,(H,23,26). The van der Waals surface area contributed by atoms with Crippen molar-refractivity contribution < 1.29 is 0 Å². The molecule has 154 valence electrons. The van der Waals surface area contributed by atoms with Crippen LogP contribution in [0.15, 0.2) is 75.7 Å². The number of benzene rings is 1. The summed E-state index contributed by atoms with van der Waals surface area (Å²) in [5.41, 5.74) is 3.20. The van der Waals surface area contributed by atoms with E-state index in [1.54, 1.807) is 22.9 Å². The fourth-order valence-electron chi connectivity index (χ4n) is 3.39. The number of hydrogen-bond acceptors (Lipinski definition) is 6. The molecule has 1 N–H and O–H groups in total. The fraction of sp³-hybridized carbons (Fsp3) is 0.136. The molecule has 0 aliphatic carbocycles. The van der Waals surface area contributed by atoms with Gasteiger partial charge < -0.3 is 0 Å². The van der Waals surface area contributed by atoms with E-state index in [1.807, 2.05) is 30.3 Å². The highest BCUT2D eigenvalue weighted by Gasteiger charge is 2.15. The van der Waals surface area contributed by atoms with Gasteiger partial charge in [-0.15, -0.1) is 0 Å². The molecule has 0 spiro atoms. The number of pyridine rings is 1. The van der Waals surface area contributed by atoms with Gasteiger partial charge in [-0.25, -0.2) is 9.97 Å². The molecule has 0 amide bonds. The zero-order valence-corrected chi connectivity index (χ0v) is 17.5. The van der Waals surface area contributed by atoms with Crippen LogP contribution >= 0.6 is 11.8 Å². The van der Waals surface area contributed by atoms with Crippen LogP contribution in [-0.4, -0.2) is 29.1 Å². The maximum absolute atomic E-state index is 13.2. The summed E-state index contributed by atoms with van der Waals surface area (Å²) in [4.78, 5) is 34.7. The van der Waals surface area contributed by atoms with E-state index in [9.17, 15) is 9.59 Å². The van der Waals surface area contributed by atoms with Crippen molar-refractivity contribution in [2.24, 2.45) is 0 Å². The summed E-state index contributed by atoms with van der Waals surface area (Å²) in [5, 5.41) is 7.66. The minimum atomic E-state index is -0.197. The van der Waals surface area contributed by atoms with Gasteiger partial charge in [0, 0.05) is 18.0 Å². The highest BCUT2D eigenvalue weighted by molar-refractivity contribution is 7.98. The molecule has 0 aliphatic heterocycles. The third kappa shape index (κ3) is 3.53. The largest absolute Gasteiger partial charge is 0.269 e. The Labute approximate surface area is 180 Å². The van der Waals surface area contributed by atoms with Crippen LogP contribution in [0, 0.1) is 0 Å². The van der Waals surface area contributed by atoms with Crippen molar-refractivity contribution in [2.45, 2.75) is 24.3 Å². The lowest BCUT2D eigenvalue weighted by Crippen LogP contribution is -2.21. The maximum atomic E-state index is 13.2. The quantitative estimate of drug-likeness (QED) is 0.340. The average molecular weight is 430 g/mol. The van der Waals surface area contributed by atoms with Crippen molar-refractivity contribution in [3.05, 3.63) is 92.9 Å². The molecule has 0 saturated carbocycles. The molecule has 5 rings (SSSR count). The molecule has 0 unspecified atom stereocenters. The topological polar surface area (TPSA) is 97.9 Å². The van der Waals surface area contributed by atoms with Gasteiger partial charge in [0.25, 0.3) is 11.1 Å². The van der Waals surface area contributed by atoms with Crippen molar-refractivity contribution in [2.75, 3.05) is 0 Å². The molecule has 4 aromatic heterocycles. The van der Waals surface area contributed by atoms with Crippen LogP contribution in [0.3, 0.4) is 0 Å². The molecule has 4 heterocycles. The normalized spacial score (nSPS) is 11.4. The third-order valence-electron chi connectivity index (χ3n) is 5.03. The van der Waals surface area contributed by atoms with E-state index in [4.69, 9.17) is 0 Å². The number of nitrogens with one attached hydrogen (secondary N) is 1. The number of aromatic amines is 1. The minimum absolute atomic E-state index is 0.147. The molecule has 31 heavy (non-hydrogen) atoms. The van der Waals surface area contributed by atoms with Gasteiger partial charge in [-0.1, -0.05) is 36.9 Å². The number of aryl methyl sites for hydroxylation is 1. The van der Waals surface area contributed by atoms with Crippen LogP contribution in [-0.2, 0) is 12.2 Å². The lowest BCUT2D eigenvalue weighted by molar-refractivity contribution is 0.814. The third-order valence-corrected chi connectivity index (χ3v) is 6.00. The second kappa shape index (κ2) is 7.84. The molecule has 0 aliphatic rings. The first-order valence-corrected chi connectivity index (χ1v) is 10.8. The van der Waals surface area contributed by atoms with Crippen molar-refractivity contribution >= 4 is 28.4 Å². The summed E-state index contributed by atoms with van der Waals surface area (Å²) >= 11 is 1.35. The number of rotatable bonds is 5. The Morgan fingerprint density at radius 3 is 2.71 bits per heavy atom. The Morgan fingerprint density at radius 1 is 1.06 bits per heavy atom. The van der Waals surface area contributed by atoms with Crippen LogP contribution < -0.4 is 11.1 Å². The monoisotopic (exact) mass is 430 g/mol. The molecule has 5 aromatic rings. The first-order chi connectivity index (χ1) is 15.1. The fourth-order valence-corrected chi connectivity index (χ4v) is 4.29. The zero-order chi connectivity index (χ0) is 21.4. The number of nitrogens with zero attached hydrogens (tertiary/aromatic N) is 5. The average Bonchev–Trinajstić information content (AvgIpc) is 3.27. The van der Waals surface area contributed by atoms with E-state index in [0.717, 1.165) is 12.1 Å². The van der Waals surface area contributed by atoms with Gasteiger partial charge in [-0.2, -0.15) is 5.10 Å². The molecule has 0 bridgehead atoms. The molecule has 0 radical (unpaired) electrons. The Balaban J connectivity index is 1.57. The van der Waals surface area contributed by atoms with Crippen LogP contribution in [0.5, 0.6) is 0 Å². The van der Waals surface area contributed by atoms with Crippen molar-refractivity contribution in [3.63, 3.8) is 0 Å². The summed E-state index contributed by atoms with van der Waals surface area (Å²) in [6.07, 6.45) is 4.09. The number of H-pyrrole nitrogens is 1. The lowest BCUT2D eigenvalue weighted by atomic mass is 10.1. The maximum Gasteiger partial charge on any atom is 0.269 e. The first kappa shape index (κ1) is 19.3. The summed E-state index contributed by atoms with van der Waals surface area (Å²) in [7, 11) is 0. The van der Waals surface area contributed by atoms with E-state index < -0.39 is 0 Å². The molecule has 0 fully saturated rings. The van der Waals surface area contributed by atoms with Crippen LogP contribution in [0.25, 0.3) is 22.4 Å². The van der Waals surface area contributed by atoms with Crippen molar-refractivity contribution in [1.29, 1.82) is 0 Å². The molecular weight excluding hydrogens is 412 g/mol. The van der Waals surface area contributed by atoms with E-state index in [0.29, 0.717) is 33.3 Å². The SMILES string of the molecule is CCc1ccc(-n2c(SCc3cc(=O)n4ccccc4n3)nc3[nH]ncc3c2=O)cc1. The molecule has 0 saturated heterocycles. The minimum Gasteiger partial charge on any atom is -0.269 e. The van der Waals surface area contributed by atoms with Gasteiger partial charge in [-0.05, 0) is 36.2 Å². The van der Waals surface area contributed by atoms with E-state index in [1.165, 1.54) is 34.0 Å². The Hall–Kier alpha value is -3.72. The smallest absolute Gasteiger partial charge is 0.269 e. The Morgan fingerprint density at radius 2 is 1.90 bits per heavy atom. The highest BCUT2D eigenvalue weighted by Crippen LogP contribution is 2.23. The van der Waals surface area contributed by atoms with E-state index in [-0.39, 0.29) is 11.1 Å². The van der Waals surface area contributed by atoms with Crippen molar-refractivity contribution in [1.82, 2.24) is 29.1 Å². The lowest BCUT2D eigenvalue weighted by Gasteiger charge is -2.12. The van der Waals surface area contributed by atoms with Gasteiger partial charge in [-0.3, -0.25) is 23.7 Å². The second-order valence-electron chi connectivity index (χ2n) is 6.99. The Bertz CT molecular complexity index is 1520. The van der Waals surface area contributed by atoms with Gasteiger partial charge in [0.1, 0.15) is 11.0 Å². The van der Waals surface area contributed by atoms with Gasteiger partial charge >= 0.3 is 0 Å². The van der Waals surface area contributed by atoms with Crippen LogP contribution in [0.2, 0.25) is 0 Å². The molecule has 9 heteroatoms. The Kier molecular flexibility index (Phi) is 4.87. The zero-order valence-electron chi connectivity index (χ0n) is 16.6. The number of hydrogen-bond donors (Lipinski definition) is 1. The molecule has 1 aromatic carbocycles. The van der Waals surface area contributed by atoms with Crippen LogP contribution in [0.4, 0.5) is 0 Å². The molecular formula is C22H18N6O2S. The van der Waals surface area contributed by atoms with Gasteiger partial charge in [0.05, 0.1) is 17.6 Å². The van der Waals surface area contributed by atoms with E-state index >= 15 is 0 Å². The van der Waals surface area contributed by atoms with Gasteiger partial charge in [0.2, 0.25) is 0 Å². The summed E-state index contributed by atoms with van der Waals surface area (Å²) in [6, 6.07) is 14.8. The summed E-state index contributed by atoms with van der Waals surface area (Å²) < 4.78 is 3.07. The predicted octanol–water partition coefficient (Wildman–Crippen LogP) is 2.97. The highest BCUT2D eigenvalue weighted by atomic mass is 32.2. The van der Waals surface area contributed by atoms with Gasteiger partial charge in [0.15, 0.2) is 10.8 Å². The number of thioether (sulfide) groups is 1.